The Balaban J connectivity index is 1.73. The predicted octanol–water partition coefficient (Wildman–Crippen LogP) is 3.54. The lowest BCUT2D eigenvalue weighted by atomic mass is 10.0. The fraction of sp³-hybridized carbons (Fsp3) is 0.391. The number of benzene rings is 2. The van der Waals surface area contributed by atoms with Gasteiger partial charge in [0, 0.05) is 11.7 Å². The standard InChI is InChI=1S/C23H28N2O5S/c1-13-10-15(3)21(16(4)11-13)24-22(26)17(5)30-23(27)20-12-19(9-6-14(20)2)31(28,29)25-18-7-8-18/h6,9-12,17-18,25H,7-8H2,1-5H3,(H,24,26). The van der Waals surface area contributed by atoms with Crippen molar-refractivity contribution < 1.29 is 22.7 Å². The molecule has 0 saturated heterocycles. The van der Waals surface area contributed by atoms with E-state index in [-0.39, 0.29) is 16.5 Å². The zero-order chi connectivity index (χ0) is 22.9. The fourth-order valence-corrected chi connectivity index (χ4v) is 4.69. The Bertz CT molecular complexity index is 1110. The van der Waals surface area contributed by atoms with Crippen LogP contribution in [0.1, 0.15) is 52.4 Å². The van der Waals surface area contributed by atoms with Gasteiger partial charge in [-0.05, 0) is 76.3 Å². The summed E-state index contributed by atoms with van der Waals surface area (Å²) in [5, 5.41) is 2.82. The first-order valence-electron chi connectivity index (χ1n) is 10.2. The molecule has 1 aliphatic carbocycles. The number of hydrogen-bond donors (Lipinski definition) is 2. The minimum absolute atomic E-state index is 0.0000374. The maximum absolute atomic E-state index is 12.7. The van der Waals surface area contributed by atoms with E-state index in [1.807, 2.05) is 32.9 Å². The lowest BCUT2D eigenvalue weighted by Crippen LogP contribution is -2.31. The molecule has 0 aromatic heterocycles. The van der Waals surface area contributed by atoms with Gasteiger partial charge in [0.1, 0.15) is 0 Å². The van der Waals surface area contributed by atoms with Gasteiger partial charge in [-0.25, -0.2) is 17.9 Å². The number of hydrogen-bond acceptors (Lipinski definition) is 5. The monoisotopic (exact) mass is 444 g/mol. The number of carbonyl (C=O) groups excluding carboxylic acids is 2. The Morgan fingerprint density at radius 1 is 1.00 bits per heavy atom. The van der Waals surface area contributed by atoms with Crippen molar-refractivity contribution in [2.45, 2.75) is 64.5 Å². The minimum atomic E-state index is -3.71. The molecule has 0 radical (unpaired) electrons. The highest BCUT2D eigenvalue weighted by atomic mass is 32.2. The fourth-order valence-electron chi connectivity index (χ4n) is 3.36. The second-order valence-corrected chi connectivity index (χ2v) is 9.90. The van der Waals surface area contributed by atoms with Crippen molar-refractivity contribution in [1.82, 2.24) is 4.72 Å². The summed E-state index contributed by atoms with van der Waals surface area (Å²) in [7, 11) is -3.71. The Kier molecular flexibility index (Phi) is 6.52. The molecule has 2 N–H and O–H groups in total. The van der Waals surface area contributed by atoms with E-state index in [0.29, 0.717) is 11.3 Å². The minimum Gasteiger partial charge on any atom is -0.449 e. The first kappa shape index (κ1) is 23.0. The van der Waals surface area contributed by atoms with Gasteiger partial charge < -0.3 is 10.1 Å². The third-order valence-corrected chi connectivity index (χ3v) is 6.73. The van der Waals surface area contributed by atoms with Gasteiger partial charge in [0.15, 0.2) is 6.10 Å². The van der Waals surface area contributed by atoms with Gasteiger partial charge in [0.25, 0.3) is 5.91 Å². The average Bonchev–Trinajstić information content (AvgIpc) is 3.47. The summed E-state index contributed by atoms with van der Waals surface area (Å²) in [6.07, 6.45) is 0.566. The Morgan fingerprint density at radius 2 is 1.61 bits per heavy atom. The molecule has 1 saturated carbocycles. The summed E-state index contributed by atoms with van der Waals surface area (Å²) < 4.78 is 32.9. The third kappa shape index (κ3) is 5.51. The summed E-state index contributed by atoms with van der Waals surface area (Å²) in [5.74, 6) is -1.21. The average molecular weight is 445 g/mol. The molecule has 1 fully saturated rings. The molecule has 7 nitrogen and oxygen atoms in total. The van der Waals surface area contributed by atoms with Crippen LogP contribution < -0.4 is 10.0 Å². The van der Waals surface area contributed by atoms with E-state index in [2.05, 4.69) is 10.0 Å². The van der Waals surface area contributed by atoms with Gasteiger partial charge >= 0.3 is 5.97 Å². The third-order valence-electron chi connectivity index (χ3n) is 5.22. The van der Waals surface area contributed by atoms with Crippen molar-refractivity contribution in [2.24, 2.45) is 0 Å². The van der Waals surface area contributed by atoms with Crippen molar-refractivity contribution in [3.8, 4) is 0 Å². The van der Waals surface area contributed by atoms with Crippen LogP contribution in [0.25, 0.3) is 0 Å². The van der Waals surface area contributed by atoms with Crippen LogP contribution in [0, 0.1) is 27.7 Å². The van der Waals surface area contributed by atoms with E-state index < -0.39 is 28.0 Å². The maximum Gasteiger partial charge on any atom is 0.339 e. The SMILES string of the molecule is Cc1cc(C)c(NC(=O)C(C)OC(=O)c2cc(S(=O)(=O)NC3CC3)ccc2C)c(C)c1. The summed E-state index contributed by atoms with van der Waals surface area (Å²) in [6, 6.07) is 8.19. The molecular formula is C23H28N2O5S. The number of anilines is 1. The molecule has 0 heterocycles. The van der Waals surface area contributed by atoms with Gasteiger partial charge in [0.05, 0.1) is 10.5 Å². The molecule has 2 aromatic rings. The van der Waals surface area contributed by atoms with E-state index in [1.54, 1.807) is 13.0 Å². The van der Waals surface area contributed by atoms with Gasteiger partial charge in [-0.3, -0.25) is 4.79 Å². The van der Waals surface area contributed by atoms with Crippen LogP contribution in [-0.4, -0.2) is 32.4 Å². The smallest absolute Gasteiger partial charge is 0.339 e. The summed E-state index contributed by atoms with van der Waals surface area (Å²) in [6.45, 7) is 8.95. The largest absolute Gasteiger partial charge is 0.449 e. The zero-order valence-electron chi connectivity index (χ0n) is 18.4. The van der Waals surface area contributed by atoms with E-state index in [1.165, 1.54) is 19.1 Å². The Hall–Kier alpha value is -2.71. The molecule has 1 atom stereocenters. The lowest BCUT2D eigenvalue weighted by Gasteiger charge is -2.17. The quantitative estimate of drug-likeness (QED) is 0.636. The molecule has 0 aliphatic heterocycles. The van der Waals surface area contributed by atoms with Crippen LogP contribution in [0.2, 0.25) is 0 Å². The number of rotatable bonds is 7. The number of esters is 1. The van der Waals surface area contributed by atoms with Crippen LogP contribution >= 0.6 is 0 Å². The Labute approximate surface area is 183 Å². The highest BCUT2D eigenvalue weighted by molar-refractivity contribution is 7.89. The summed E-state index contributed by atoms with van der Waals surface area (Å²) >= 11 is 0. The maximum atomic E-state index is 12.7. The molecule has 31 heavy (non-hydrogen) atoms. The first-order valence-corrected chi connectivity index (χ1v) is 11.7. The summed E-state index contributed by atoms with van der Waals surface area (Å²) in [4.78, 5) is 25.3. The van der Waals surface area contributed by atoms with Crippen molar-refractivity contribution in [1.29, 1.82) is 0 Å². The highest BCUT2D eigenvalue weighted by Crippen LogP contribution is 2.24. The molecule has 1 unspecified atom stereocenters. The number of aryl methyl sites for hydroxylation is 4. The molecule has 166 valence electrons. The molecule has 0 spiro atoms. The number of ether oxygens (including phenoxy) is 1. The van der Waals surface area contributed by atoms with Crippen molar-refractivity contribution >= 4 is 27.6 Å². The van der Waals surface area contributed by atoms with Crippen LogP contribution in [0.4, 0.5) is 5.69 Å². The van der Waals surface area contributed by atoms with Crippen LogP contribution in [0.5, 0.6) is 0 Å². The van der Waals surface area contributed by atoms with Gasteiger partial charge in [-0.1, -0.05) is 23.8 Å². The molecular weight excluding hydrogens is 416 g/mol. The zero-order valence-corrected chi connectivity index (χ0v) is 19.2. The Morgan fingerprint density at radius 3 is 2.19 bits per heavy atom. The van der Waals surface area contributed by atoms with Gasteiger partial charge in [0.2, 0.25) is 10.0 Å². The van der Waals surface area contributed by atoms with Gasteiger partial charge in [-0.2, -0.15) is 0 Å². The predicted molar refractivity (Wildman–Crippen MR) is 119 cm³/mol. The van der Waals surface area contributed by atoms with Crippen molar-refractivity contribution in [3.05, 3.63) is 58.1 Å². The van der Waals surface area contributed by atoms with E-state index in [9.17, 15) is 18.0 Å². The number of sulfonamides is 1. The van der Waals surface area contributed by atoms with E-state index >= 15 is 0 Å². The van der Waals surface area contributed by atoms with Crippen LogP contribution in [-0.2, 0) is 19.6 Å². The lowest BCUT2D eigenvalue weighted by molar-refractivity contribution is -0.123. The summed E-state index contributed by atoms with van der Waals surface area (Å²) in [5.41, 5.74) is 4.29. The van der Waals surface area contributed by atoms with Crippen molar-refractivity contribution in [2.75, 3.05) is 5.32 Å². The second kappa shape index (κ2) is 8.80. The number of amides is 1. The van der Waals surface area contributed by atoms with Gasteiger partial charge in [-0.15, -0.1) is 0 Å². The van der Waals surface area contributed by atoms with E-state index in [4.69, 9.17) is 4.74 Å². The number of nitrogens with one attached hydrogen (secondary N) is 2. The normalized spacial score (nSPS) is 14.7. The first-order chi connectivity index (χ1) is 14.5. The molecule has 3 rings (SSSR count). The number of carbonyl (C=O) groups is 2. The van der Waals surface area contributed by atoms with Crippen molar-refractivity contribution in [3.63, 3.8) is 0 Å². The van der Waals surface area contributed by atoms with Crippen LogP contribution in [0.3, 0.4) is 0 Å². The molecule has 8 heteroatoms. The highest BCUT2D eigenvalue weighted by Gasteiger charge is 2.29. The molecule has 1 aliphatic rings. The molecule has 2 aromatic carbocycles. The van der Waals surface area contributed by atoms with Crippen LogP contribution in [0.15, 0.2) is 35.2 Å². The molecule has 0 bridgehead atoms. The topological polar surface area (TPSA) is 102 Å². The van der Waals surface area contributed by atoms with E-state index in [0.717, 1.165) is 29.5 Å². The second-order valence-electron chi connectivity index (χ2n) is 8.18. The molecule has 1 amide bonds.